The second-order valence-electron chi connectivity index (χ2n) is 15.3. The molecule has 0 saturated heterocycles. The van der Waals surface area contributed by atoms with Crippen molar-refractivity contribution in [2.24, 2.45) is 0 Å². The van der Waals surface area contributed by atoms with Crippen LogP contribution in [0.1, 0.15) is 0 Å². The molecule has 11 rings (SSSR count). The molecular weight excluding hydrogens is 743 g/mol. The second-order valence-corrected chi connectivity index (χ2v) is 16.4. The molecule has 1 nitrogen and oxygen atoms in total. The van der Waals surface area contributed by atoms with E-state index in [4.69, 9.17) is 0 Å². The van der Waals surface area contributed by atoms with Gasteiger partial charge in [-0.2, -0.15) is 0 Å². The topological polar surface area (TPSA) is 3.24 Å². The fraction of sp³-hybridized carbons (Fsp3) is 0. The van der Waals surface area contributed by atoms with Crippen LogP contribution in [0.3, 0.4) is 0 Å². The maximum absolute atomic E-state index is 2.37. The summed E-state index contributed by atoms with van der Waals surface area (Å²) in [5.74, 6) is 0. The van der Waals surface area contributed by atoms with E-state index >= 15 is 0 Å². The molecule has 0 saturated carbocycles. The van der Waals surface area contributed by atoms with Crippen LogP contribution in [0.5, 0.6) is 0 Å². The van der Waals surface area contributed by atoms with Gasteiger partial charge in [0, 0.05) is 37.2 Å². The predicted molar refractivity (Wildman–Crippen MR) is 259 cm³/mol. The van der Waals surface area contributed by atoms with Crippen LogP contribution in [-0.2, 0) is 0 Å². The lowest BCUT2D eigenvalue weighted by molar-refractivity contribution is 1.28. The number of rotatable bonds is 8. The van der Waals surface area contributed by atoms with Crippen molar-refractivity contribution in [3.05, 3.63) is 237 Å². The lowest BCUT2D eigenvalue weighted by atomic mass is 9.93. The Labute approximate surface area is 354 Å². The summed E-state index contributed by atoms with van der Waals surface area (Å²) in [6, 6.07) is 86.1. The van der Waals surface area contributed by atoms with Gasteiger partial charge in [0.05, 0.1) is 0 Å². The van der Waals surface area contributed by atoms with Crippen molar-refractivity contribution >= 4 is 59.3 Å². The number of nitrogens with zero attached hydrogens (tertiary/aromatic N) is 1. The van der Waals surface area contributed by atoms with Gasteiger partial charge in [-0.05, 0) is 133 Å². The van der Waals surface area contributed by atoms with E-state index in [1.165, 1.54) is 86.6 Å². The molecule has 0 amide bonds. The lowest BCUT2D eigenvalue weighted by Crippen LogP contribution is -2.09. The molecular formula is C58H39NS. The molecule has 2 heteroatoms. The van der Waals surface area contributed by atoms with Gasteiger partial charge in [-0.3, -0.25) is 0 Å². The van der Waals surface area contributed by atoms with Gasteiger partial charge in [-0.15, -0.1) is 11.3 Å². The van der Waals surface area contributed by atoms with E-state index in [0.29, 0.717) is 0 Å². The van der Waals surface area contributed by atoms with Gasteiger partial charge in [0.2, 0.25) is 0 Å². The van der Waals surface area contributed by atoms with Crippen LogP contribution in [0.15, 0.2) is 237 Å². The number of anilines is 3. The average Bonchev–Trinajstić information content (AvgIpc) is 3.72. The highest BCUT2D eigenvalue weighted by Gasteiger charge is 2.16. The maximum atomic E-state index is 2.37. The minimum atomic E-state index is 1.10. The third-order valence-corrected chi connectivity index (χ3v) is 12.9. The van der Waals surface area contributed by atoms with Crippen molar-refractivity contribution in [3.63, 3.8) is 0 Å². The van der Waals surface area contributed by atoms with Crippen LogP contribution >= 0.6 is 11.3 Å². The molecule has 0 fully saturated rings. The fourth-order valence-electron chi connectivity index (χ4n) is 8.58. The summed E-state index contributed by atoms with van der Waals surface area (Å²) in [7, 11) is 0. The first kappa shape index (κ1) is 35.6. The normalized spacial score (nSPS) is 11.3. The van der Waals surface area contributed by atoms with Crippen molar-refractivity contribution in [2.75, 3.05) is 4.90 Å². The summed E-state index contributed by atoms with van der Waals surface area (Å²) in [6.07, 6.45) is 0. The third kappa shape index (κ3) is 6.73. The van der Waals surface area contributed by atoms with E-state index in [1.807, 2.05) is 11.3 Å². The van der Waals surface area contributed by atoms with Crippen LogP contribution in [0.4, 0.5) is 17.1 Å². The highest BCUT2D eigenvalue weighted by Crippen LogP contribution is 2.42. The Hall–Kier alpha value is -7.52. The monoisotopic (exact) mass is 781 g/mol. The molecule has 282 valence electrons. The zero-order valence-electron chi connectivity index (χ0n) is 32.9. The van der Waals surface area contributed by atoms with Crippen LogP contribution in [0, 0.1) is 0 Å². The SMILES string of the molecule is c1ccc(-c2cc(-c3ccccc3)cc(-c3ccc(N(c4ccc(-c5ccc6ccccc6c5)cc4)c4ccc(-c5cccc6c5sc5ccccc56)cc4)cc3)c2)cc1. The molecule has 0 aliphatic carbocycles. The van der Waals surface area contributed by atoms with Crippen LogP contribution < -0.4 is 4.90 Å². The Morgan fingerprint density at radius 1 is 0.267 bits per heavy atom. The second kappa shape index (κ2) is 15.3. The van der Waals surface area contributed by atoms with Crippen molar-refractivity contribution in [3.8, 4) is 55.6 Å². The molecule has 1 heterocycles. The van der Waals surface area contributed by atoms with Gasteiger partial charge < -0.3 is 4.90 Å². The van der Waals surface area contributed by atoms with E-state index in [1.54, 1.807) is 0 Å². The van der Waals surface area contributed by atoms with Gasteiger partial charge >= 0.3 is 0 Å². The van der Waals surface area contributed by atoms with E-state index in [2.05, 4.69) is 241 Å². The summed E-state index contributed by atoms with van der Waals surface area (Å²) >= 11 is 1.88. The van der Waals surface area contributed by atoms with Gasteiger partial charge in [0.15, 0.2) is 0 Å². The van der Waals surface area contributed by atoms with Crippen molar-refractivity contribution in [1.29, 1.82) is 0 Å². The highest BCUT2D eigenvalue weighted by molar-refractivity contribution is 7.26. The summed E-state index contributed by atoms with van der Waals surface area (Å²) in [5, 5.41) is 5.14. The zero-order valence-corrected chi connectivity index (χ0v) is 33.7. The molecule has 10 aromatic carbocycles. The van der Waals surface area contributed by atoms with Gasteiger partial charge in [-0.25, -0.2) is 0 Å². The molecule has 0 unspecified atom stereocenters. The molecule has 0 atom stereocenters. The smallest absolute Gasteiger partial charge is 0.0462 e. The van der Waals surface area contributed by atoms with E-state index in [9.17, 15) is 0 Å². The Kier molecular flexibility index (Phi) is 9.11. The Morgan fingerprint density at radius 3 is 1.32 bits per heavy atom. The predicted octanol–water partition coefficient (Wildman–Crippen LogP) is 17.0. The van der Waals surface area contributed by atoms with Crippen molar-refractivity contribution < 1.29 is 0 Å². The molecule has 0 radical (unpaired) electrons. The number of hydrogen-bond donors (Lipinski definition) is 0. The van der Waals surface area contributed by atoms with Crippen molar-refractivity contribution in [2.45, 2.75) is 0 Å². The molecule has 0 aliphatic rings. The molecule has 60 heavy (non-hydrogen) atoms. The summed E-state index contributed by atoms with van der Waals surface area (Å²) in [4.78, 5) is 2.37. The molecule has 0 N–H and O–H groups in total. The Balaban J connectivity index is 0.989. The van der Waals surface area contributed by atoms with Gasteiger partial charge in [-0.1, -0.05) is 170 Å². The maximum Gasteiger partial charge on any atom is 0.0462 e. The molecule has 11 aromatic rings. The summed E-state index contributed by atoms with van der Waals surface area (Å²) < 4.78 is 2.65. The van der Waals surface area contributed by atoms with Crippen LogP contribution in [-0.4, -0.2) is 0 Å². The first-order valence-electron chi connectivity index (χ1n) is 20.5. The quantitative estimate of drug-likeness (QED) is 0.148. The molecule has 0 spiro atoms. The molecule has 0 aliphatic heterocycles. The van der Waals surface area contributed by atoms with Gasteiger partial charge in [0.1, 0.15) is 0 Å². The van der Waals surface area contributed by atoms with E-state index < -0.39 is 0 Å². The average molecular weight is 782 g/mol. The van der Waals surface area contributed by atoms with Gasteiger partial charge in [0.25, 0.3) is 0 Å². The highest BCUT2D eigenvalue weighted by atomic mass is 32.1. The standard InChI is InChI=1S/C58H39NS/c1-3-12-40(13-4-1)48-37-49(41-14-5-2-6-15-41)39-50(38-48)44-26-32-52(33-27-44)59(51-30-24-43(25-31-51)47-23-22-42-16-7-8-17-46(42)36-47)53-34-28-45(29-35-53)54-19-11-20-56-55-18-9-10-21-57(55)60-58(54)56/h1-39H. The Bertz CT molecular complexity index is 3220. The minimum absolute atomic E-state index is 1.10. The van der Waals surface area contributed by atoms with Crippen LogP contribution in [0.2, 0.25) is 0 Å². The number of thiophene rings is 1. The molecule has 0 bridgehead atoms. The fourth-order valence-corrected chi connectivity index (χ4v) is 9.81. The Morgan fingerprint density at radius 2 is 0.717 bits per heavy atom. The van der Waals surface area contributed by atoms with E-state index in [0.717, 1.165) is 17.1 Å². The number of fused-ring (bicyclic) bond motifs is 4. The lowest BCUT2D eigenvalue weighted by Gasteiger charge is -2.26. The molecule has 1 aromatic heterocycles. The largest absolute Gasteiger partial charge is 0.311 e. The number of benzene rings is 10. The first-order chi connectivity index (χ1) is 29.7. The van der Waals surface area contributed by atoms with Crippen LogP contribution in [0.25, 0.3) is 86.6 Å². The zero-order chi connectivity index (χ0) is 39.8. The third-order valence-electron chi connectivity index (χ3n) is 11.7. The minimum Gasteiger partial charge on any atom is -0.311 e. The van der Waals surface area contributed by atoms with E-state index in [-0.39, 0.29) is 0 Å². The first-order valence-corrected chi connectivity index (χ1v) is 21.3. The summed E-state index contributed by atoms with van der Waals surface area (Å²) in [6.45, 7) is 0. The number of hydrogen-bond acceptors (Lipinski definition) is 2. The van der Waals surface area contributed by atoms with Crippen molar-refractivity contribution in [1.82, 2.24) is 0 Å². The summed E-state index contributed by atoms with van der Waals surface area (Å²) in [5.41, 5.74) is 15.4.